The number of carbonyl (C=O) groups is 1. The molecule has 3 rings (SSSR count). The summed E-state index contributed by atoms with van der Waals surface area (Å²) in [6.45, 7) is -0.135. The van der Waals surface area contributed by atoms with Gasteiger partial charge in [0.2, 0.25) is 0 Å². The summed E-state index contributed by atoms with van der Waals surface area (Å²) in [6.07, 6.45) is 0. The number of benzene rings is 2. The van der Waals surface area contributed by atoms with Crippen LogP contribution >= 0.6 is 11.6 Å². The minimum Gasteiger partial charge on any atom is -0.481 e. The number of ether oxygens (including phenoxy) is 1. The molecule has 7 heteroatoms. The van der Waals surface area contributed by atoms with Crippen molar-refractivity contribution in [1.29, 1.82) is 0 Å². The summed E-state index contributed by atoms with van der Waals surface area (Å²) < 4.78 is 5.61. The Bertz CT molecular complexity index is 868. The number of hydrazine groups is 1. The molecule has 0 bridgehead atoms. The summed E-state index contributed by atoms with van der Waals surface area (Å²) in [7, 11) is 0. The van der Waals surface area contributed by atoms with Crippen molar-refractivity contribution < 1.29 is 9.53 Å². The molecule has 6 nitrogen and oxygen atoms in total. The Kier molecular flexibility index (Phi) is 4.79. The smallest absolute Gasteiger partial charge is 0.262 e. The summed E-state index contributed by atoms with van der Waals surface area (Å²) in [6, 6.07) is 16.0. The van der Waals surface area contributed by atoms with Gasteiger partial charge in [-0.3, -0.25) is 4.79 Å². The minimum absolute atomic E-state index is 0.135. The molecule has 0 aliphatic rings. The van der Waals surface area contributed by atoms with Gasteiger partial charge in [-0.1, -0.05) is 23.7 Å². The molecule has 3 aromatic rings. The highest BCUT2D eigenvalue weighted by Gasteiger charge is 2.08. The Morgan fingerprint density at radius 2 is 1.92 bits per heavy atom. The number of aromatic nitrogens is 1. The number of nitrogens with one attached hydrogen (secondary N) is 2. The summed E-state index contributed by atoms with van der Waals surface area (Å²) >= 11 is 5.81. The molecule has 1 aromatic heterocycles. The van der Waals surface area contributed by atoms with E-state index in [2.05, 4.69) is 15.7 Å². The van der Waals surface area contributed by atoms with Crippen LogP contribution in [0.4, 0.5) is 11.5 Å². The Balaban J connectivity index is 1.70. The number of pyridine rings is 1. The van der Waals surface area contributed by atoms with E-state index in [1.807, 2.05) is 18.2 Å². The van der Waals surface area contributed by atoms with Crippen LogP contribution in [-0.4, -0.2) is 17.5 Å². The van der Waals surface area contributed by atoms with E-state index in [9.17, 15) is 4.79 Å². The molecular formula is C17H15ClN4O2. The van der Waals surface area contributed by atoms with Gasteiger partial charge in [-0.15, -0.1) is 0 Å². The van der Waals surface area contributed by atoms with E-state index in [0.717, 1.165) is 5.39 Å². The second kappa shape index (κ2) is 7.16. The molecule has 0 aliphatic carbocycles. The first-order valence-corrected chi connectivity index (χ1v) is 7.58. The first kappa shape index (κ1) is 16.0. The van der Waals surface area contributed by atoms with Crippen molar-refractivity contribution in [2.24, 2.45) is 5.84 Å². The lowest BCUT2D eigenvalue weighted by Crippen LogP contribution is -2.20. The van der Waals surface area contributed by atoms with Gasteiger partial charge in [0.1, 0.15) is 17.1 Å². The largest absolute Gasteiger partial charge is 0.481 e. The zero-order valence-corrected chi connectivity index (χ0v) is 13.4. The van der Waals surface area contributed by atoms with Crippen LogP contribution in [0.5, 0.6) is 5.75 Å². The lowest BCUT2D eigenvalue weighted by molar-refractivity contribution is -0.118. The molecule has 4 N–H and O–H groups in total. The van der Waals surface area contributed by atoms with Gasteiger partial charge in [-0.05, 0) is 42.5 Å². The van der Waals surface area contributed by atoms with Crippen LogP contribution in [0, 0.1) is 0 Å². The summed E-state index contributed by atoms with van der Waals surface area (Å²) in [5, 5.41) is 4.23. The number of rotatable bonds is 5. The predicted molar refractivity (Wildman–Crippen MR) is 95.1 cm³/mol. The van der Waals surface area contributed by atoms with E-state index in [-0.39, 0.29) is 12.5 Å². The Labute approximate surface area is 143 Å². The van der Waals surface area contributed by atoms with Crippen LogP contribution in [0.3, 0.4) is 0 Å². The lowest BCUT2D eigenvalue weighted by atomic mass is 10.2. The van der Waals surface area contributed by atoms with Crippen LogP contribution in [0.15, 0.2) is 54.6 Å². The van der Waals surface area contributed by atoms with Gasteiger partial charge >= 0.3 is 0 Å². The van der Waals surface area contributed by atoms with Gasteiger partial charge in [0.25, 0.3) is 5.91 Å². The maximum Gasteiger partial charge on any atom is 0.262 e. The van der Waals surface area contributed by atoms with Crippen LogP contribution < -0.4 is 21.3 Å². The van der Waals surface area contributed by atoms with Crippen molar-refractivity contribution in [2.75, 3.05) is 17.3 Å². The van der Waals surface area contributed by atoms with Crippen molar-refractivity contribution >= 4 is 39.9 Å². The highest BCUT2D eigenvalue weighted by molar-refractivity contribution is 6.30. The van der Waals surface area contributed by atoms with E-state index < -0.39 is 0 Å². The fraction of sp³-hybridized carbons (Fsp3) is 0.0588. The number of nitrogen functional groups attached to an aromatic ring is 1. The van der Waals surface area contributed by atoms with E-state index >= 15 is 0 Å². The highest BCUT2D eigenvalue weighted by Crippen LogP contribution is 2.25. The Morgan fingerprint density at radius 3 is 2.67 bits per heavy atom. The number of amides is 1. The monoisotopic (exact) mass is 342 g/mol. The molecule has 0 fully saturated rings. The van der Waals surface area contributed by atoms with Crippen LogP contribution in [-0.2, 0) is 4.79 Å². The number of nitrogens with zero attached hydrogens (tertiary/aromatic N) is 1. The van der Waals surface area contributed by atoms with Crippen LogP contribution in [0.25, 0.3) is 10.9 Å². The molecule has 0 saturated carbocycles. The van der Waals surface area contributed by atoms with Gasteiger partial charge in [0, 0.05) is 16.1 Å². The van der Waals surface area contributed by atoms with Crippen molar-refractivity contribution in [3.8, 4) is 5.75 Å². The van der Waals surface area contributed by atoms with Gasteiger partial charge < -0.3 is 15.5 Å². The van der Waals surface area contributed by atoms with Crippen LogP contribution in [0.2, 0.25) is 5.02 Å². The maximum atomic E-state index is 12.0. The molecule has 0 spiro atoms. The van der Waals surface area contributed by atoms with Crippen molar-refractivity contribution in [3.63, 3.8) is 0 Å². The average Bonchev–Trinajstić information content (AvgIpc) is 2.61. The number of carbonyl (C=O) groups excluding carboxylic acids is 1. The molecule has 2 aromatic carbocycles. The zero-order valence-electron chi connectivity index (χ0n) is 12.6. The van der Waals surface area contributed by atoms with E-state index in [0.29, 0.717) is 27.8 Å². The van der Waals surface area contributed by atoms with Crippen molar-refractivity contribution in [1.82, 2.24) is 4.98 Å². The minimum atomic E-state index is -0.276. The quantitative estimate of drug-likeness (QED) is 0.489. The number of hydrogen-bond donors (Lipinski definition) is 3. The number of nitrogens with two attached hydrogens (primary N) is 1. The molecule has 122 valence electrons. The maximum absolute atomic E-state index is 12.0. The first-order valence-electron chi connectivity index (χ1n) is 7.20. The SMILES string of the molecule is NNc1ccc2cccc(OCC(=O)Nc3ccc(Cl)cc3)c2n1. The number of anilines is 2. The molecule has 1 heterocycles. The summed E-state index contributed by atoms with van der Waals surface area (Å²) in [5.41, 5.74) is 3.77. The normalized spacial score (nSPS) is 10.4. The van der Waals surface area contributed by atoms with Gasteiger partial charge in [0.05, 0.1) is 0 Å². The zero-order chi connectivity index (χ0) is 16.9. The van der Waals surface area contributed by atoms with Gasteiger partial charge in [-0.25, -0.2) is 10.8 Å². The number of halogens is 1. The molecule has 0 atom stereocenters. The molecule has 0 radical (unpaired) electrons. The fourth-order valence-corrected chi connectivity index (χ4v) is 2.32. The van der Waals surface area contributed by atoms with Gasteiger partial charge in [-0.2, -0.15) is 0 Å². The van der Waals surface area contributed by atoms with E-state index in [1.165, 1.54) is 0 Å². The van der Waals surface area contributed by atoms with Crippen LogP contribution in [0.1, 0.15) is 0 Å². The second-order valence-electron chi connectivity index (χ2n) is 5.01. The molecule has 1 amide bonds. The summed E-state index contributed by atoms with van der Waals surface area (Å²) in [4.78, 5) is 16.4. The molecular weight excluding hydrogens is 328 g/mol. The average molecular weight is 343 g/mol. The van der Waals surface area contributed by atoms with Crippen molar-refractivity contribution in [2.45, 2.75) is 0 Å². The first-order chi connectivity index (χ1) is 11.7. The Hall–Kier alpha value is -2.83. The second-order valence-corrected chi connectivity index (χ2v) is 5.45. The topological polar surface area (TPSA) is 89.3 Å². The third kappa shape index (κ3) is 3.73. The lowest BCUT2D eigenvalue weighted by Gasteiger charge is -2.10. The van der Waals surface area contributed by atoms with E-state index in [4.69, 9.17) is 22.2 Å². The third-order valence-corrected chi connectivity index (χ3v) is 3.57. The van der Waals surface area contributed by atoms with E-state index in [1.54, 1.807) is 36.4 Å². The number of fused-ring (bicyclic) bond motifs is 1. The van der Waals surface area contributed by atoms with Crippen molar-refractivity contribution in [3.05, 3.63) is 59.6 Å². The predicted octanol–water partition coefficient (Wildman–Crippen LogP) is 3.19. The highest BCUT2D eigenvalue weighted by atomic mass is 35.5. The number of para-hydroxylation sites is 1. The third-order valence-electron chi connectivity index (χ3n) is 3.32. The van der Waals surface area contributed by atoms with Gasteiger partial charge in [0.15, 0.2) is 6.61 Å². The molecule has 24 heavy (non-hydrogen) atoms. The molecule has 0 unspecified atom stereocenters. The summed E-state index contributed by atoms with van der Waals surface area (Å²) in [5.74, 6) is 6.14. The fourth-order valence-electron chi connectivity index (χ4n) is 2.19. The Morgan fingerprint density at radius 1 is 1.12 bits per heavy atom. The standard InChI is InChI=1S/C17H15ClN4O2/c18-12-5-7-13(8-6-12)20-16(23)10-24-14-3-1-2-11-4-9-15(22-19)21-17(11)14/h1-9H,10,19H2,(H,20,23)(H,21,22). The molecule has 0 aliphatic heterocycles. The molecule has 0 saturated heterocycles. The number of hydrogen-bond acceptors (Lipinski definition) is 5.